The van der Waals surface area contributed by atoms with E-state index in [4.69, 9.17) is 11.5 Å². The van der Waals surface area contributed by atoms with Crippen molar-refractivity contribution in [2.24, 2.45) is 17.4 Å². The second-order valence-electron chi connectivity index (χ2n) is 5.83. The molecule has 1 unspecified atom stereocenters. The monoisotopic (exact) mass is 307 g/mol. The number of carbonyl (C=O) groups is 2. The zero-order valence-electron chi connectivity index (χ0n) is 12.5. The highest BCUT2D eigenvalue weighted by molar-refractivity contribution is 5.88. The fourth-order valence-electron chi connectivity index (χ4n) is 3.43. The molecule has 0 aliphatic carbocycles. The van der Waals surface area contributed by atoms with Crippen molar-refractivity contribution in [1.82, 2.24) is 5.32 Å². The van der Waals surface area contributed by atoms with Gasteiger partial charge in [0.15, 0.2) is 0 Å². The Morgan fingerprint density at radius 1 is 1.18 bits per heavy atom. The molecule has 1 aromatic rings. The van der Waals surface area contributed by atoms with Gasteiger partial charge in [0.2, 0.25) is 11.8 Å². The number of nitrogens with two attached hydrogens (primary N) is 2. The van der Waals surface area contributed by atoms with Crippen molar-refractivity contribution in [3.8, 4) is 0 Å². The molecule has 5 N–H and O–H groups in total. The molecule has 0 radical (unpaired) electrons. The van der Waals surface area contributed by atoms with Gasteiger partial charge in [-0.15, -0.1) is 0 Å². The smallest absolute Gasteiger partial charge is 0.228 e. The summed E-state index contributed by atoms with van der Waals surface area (Å²) in [7, 11) is 0. The van der Waals surface area contributed by atoms with Crippen molar-refractivity contribution >= 4 is 11.8 Å². The van der Waals surface area contributed by atoms with E-state index in [0.717, 1.165) is 25.9 Å². The first-order valence-electron chi connectivity index (χ1n) is 7.52. The summed E-state index contributed by atoms with van der Waals surface area (Å²) < 4.78 is 13.2. The zero-order valence-corrected chi connectivity index (χ0v) is 12.5. The van der Waals surface area contributed by atoms with E-state index < -0.39 is 17.2 Å². The highest BCUT2D eigenvalue weighted by Gasteiger charge is 2.45. The molecule has 0 saturated carbocycles. The molecule has 1 heterocycles. The number of hydrogen-bond acceptors (Lipinski definition) is 3. The van der Waals surface area contributed by atoms with Crippen molar-refractivity contribution in [3.05, 3.63) is 35.6 Å². The van der Waals surface area contributed by atoms with Crippen LogP contribution < -0.4 is 16.8 Å². The summed E-state index contributed by atoms with van der Waals surface area (Å²) in [4.78, 5) is 23.6. The third-order valence-corrected chi connectivity index (χ3v) is 4.60. The van der Waals surface area contributed by atoms with Crippen molar-refractivity contribution < 1.29 is 14.0 Å². The Hall–Kier alpha value is -1.95. The normalized spacial score (nSPS) is 18.6. The Morgan fingerprint density at radius 2 is 1.77 bits per heavy atom. The van der Waals surface area contributed by atoms with E-state index in [1.807, 2.05) is 0 Å². The van der Waals surface area contributed by atoms with Gasteiger partial charge in [0, 0.05) is 6.42 Å². The number of primary amides is 2. The number of carbonyl (C=O) groups excluding carboxylic acids is 2. The fourth-order valence-corrected chi connectivity index (χ4v) is 3.43. The largest absolute Gasteiger partial charge is 0.370 e. The zero-order chi connectivity index (χ0) is 16.2. The van der Waals surface area contributed by atoms with Crippen molar-refractivity contribution in [3.63, 3.8) is 0 Å². The third kappa shape index (κ3) is 3.27. The molecule has 1 aromatic carbocycles. The molecule has 2 rings (SSSR count). The maximum Gasteiger partial charge on any atom is 0.228 e. The summed E-state index contributed by atoms with van der Waals surface area (Å²) in [6.07, 6.45) is 1.89. The molecule has 0 spiro atoms. The van der Waals surface area contributed by atoms with Crippen LogP contribution in [0.4, 0.5) is 4.39 Å². The van der Waals surface area contributed by atoms with E-state index in [1.165, 1.54) is 12.1 Å². The molecular formula is C16H22FN3O2. The maximum atomic E-state index is 13.2. The number of amides is 2. The highest BCUT2D eigenvalue weighted by atomic mass is 19.1. The lowest BCUT2D eigenvalue weighted by atomic mass is 9.64. The lowest BCUT2D eigenvalue weighted by molar-refractivity contribution is -0.127. The minimum Gasteiger partial charge on any atom is -0.370 e. The van der Waals surface area contributed by atoms with Crippen LogP contribution in [0.15, 0.2) is 24.3 Å². The fraction of sp³-hybridized carbons (Fsp3) is 0.500. The molecule has 1 atom stereocenters. The van der Waals surface area contributed by atoms with E-state index in [9.17, 15) is 14.0 Å². The standard InChI is InChI=1S/C16H22FN3O2/c17-13-3-1-11(2-4-13)16(15(19)22,8-5-14(18)21)12-6-9-20-10-7-12/h1-4,12,20H,5-10H2,(H2,18,21)(H2,19,22). The van der Waals surface area contributed by atoms with Gasteiger partial charge in [-0.2, -0.15) is 0 Å². The summed E-state index contributed by atoms with van der Waals surface area (Å²) >= 11 is 0. The first-order chi connectivity index (χ1) is 10.5. The summed E-state index contributed by atoms with van der Waals surface area (Å²) in [5, 5.41) is 3.25. The number of halogens is 1. The van der Waals surface area contributed by atoms with Gasteiger partial charge in [-0.05, 0) is 56.0 Å². The van der Waals surface area contributed by atoms with Gasteiger partial charge in [-0.1, -0.05) is 12.1 Å². The molecule has 6 heteroatoms. The lowest BCUT2D eigenvalue weighted by Crippen LogP contribution is -2.51. The molecule has 1 aliphatic heterocycles. The van der Waals surface area contributed by atoms with Crippen LogP contribution in [0.1, 0.15) is 31.2 Å². The van der Waals surface area contributed by atoms with Crippen LogP contribution in [0.2, 0.25) is 0 Å². The molecule has 120 valence electrons. The van der Waals surface area contributed by atoms with Crippen LogP contribution in [-0.4, -0.2) is 24.9 Å². The summed E-state index contributed by atoms with van der Waals surface area (Å²) in [5.74, 6) is -1.31. The second-order valence-corrected chi connectivity index (χ2v) is 5.83. The summed E-state index contributed by atoms with van der Waals surface area (Å²) in [6.45, 7) is 1.58. The van der Waals surface area contributed by atoms with Crippen molar-refractivity contribution in [2.75, 3.05) is 13.1 Å². The average molecular weight is 307 g/mol. The van der Waals surface area contributed by atoms with Gasteiger partial charge < -0.3 is 16.8 Å². The van der Waals surface area contributed by atoms with E-state index in [1.54, 1.807) is 12.1 Å². The van der Waals surface area contributed by atoms with Gasteiger partial charge in [0.25, 0.3) is 0 Å². The minimum atomic E-state index is -0.981. The Balaban J connectivity index is 2.45. The summed E-state index contributed by atoms with van der Waals surface area (Å²) in [5.41, 5.74) is 10.7. The van der Waals surface area contributed by atoms with Gasteiger partial charge in [0.05, 0.1) is 5.41 Å². The third-order valence-electron chi connectivity index (χ3n) is 4.60. The van der Waals surface area contributed by atoms with Crippen LogP contribution in [0.5, 0.6) is 0 Å². The number of piperidine rings is 1. The Labute approximate surface area is 129 Å². The van der Waals surface area contributed by atoms with E-state index in [-0.39, 0.29) is 24.6 Å². The van der Waals surface area contributed by atoms with Gasteiger partial charge >= 0.3 is 0 Å². The SMILES string of the molecule is NC(=O)CCC(C(N)=O)(c1ccc(F)cc1)C1CCNCC1. The quantitative estimate of drug-likeness (QED) is 0.725. The number of nitrogens with one attached hydrogen (secondary N) is 1. The number of rotatable bonds is 6. The second kappa shape index (κ2) is 6.87. The minimum absolute atomic E-state index is 0.0102. The Bertz CT molecular complexity index is 541. The van der Waals surface area contributed by atoms with Gasteiger partial charge in [0.1, 0.15) is 5.82 Å². The highest BCUT2D eigenvalue weighted by Crippen LogP contribution is 2.41. The van der Waals surface area contributed by atoms with Gasteiger partial charge in [-0.3, -0.25) is 9.59 Å². The van der Waals surface area contributed by atoms with Gasteiger partial charge in [-0.25, -0.2) is 4.39 Å². The maximum absolute atomic E-state index is 13.2. The molecule has 0 aromatic heterocycles. The molecule has 5 nitrogen and oxygen atoms in total. The van der Waals surface area contributed by atoms with Crippen LogP contribution in [0.25, 0.3) is 0 Å². The van der Waals surface area contributed by atoms with E-state index in [2.05, 4.69) is 5.32 Å². The molecule has 1 saturated heterocycles. The molecule has 0 bridgehead atoms. The first kappa shape index (κ1) is 16.4. The Morgan fingerprint density at radius 3 is 2.27 bits per heavy atom. The first-order valence-corrected chi connectivity index (χ1v) is 7.52. The van der Waals surface area contributed by atoms with Crippen LogP contribution in [-0.2, 0) is 15.0 Å². The predicted molar refractivity (Wildman–Crippen MR) is 81.3 cm³/mol. The average Bonchev–Trinajstić information content (AvgIpc) is 2.50. The summed E-state index contributed by atoms with van der Waals surface area (Å²) in [6, 6.07) is 5.81. The topological polar surface area (TPSA) is 98.2 Å². The molecule has 1 fully saturated rings. The number of benzene rings is 1. The van der Waals surface area contributed by atoms with Crippen LogP contribution in [0.3, 0.4) is 0 Å². The molecule has 2 amide bonds. The lowest BCUT2D eigenvalue weighted by Gasteiger charge is -2.41. The molecule has 22 heavy (non-hydrogen) atoms. The molecule has 1 aliphatic rings. The van der Waals surface area contributed by atoms with Crippen LogP contribution >= 0.6 is 0 Å². The molecular weight excluding hydrogens is 285 g/mol. The Kier molecular flexibility index (Phi) is 5.13. The number of hydrogen-bond donors (Lipinski definition) is 3. The predicted octanol–water partition coefficient (Wildman–Crippen LogP) is 0.814. The van der Waals surface area contributed by atoms with Crippen molar-refractivity contribution in [1.29, 1.82) is 0 Å². The van der Waals surface area contributed by atoms with E-state index >= 15 is 0 Å². The van der Waals surface area contributed by atoms with Crippen LogP contribution in [0, 0.1) is 11.7 Å². The van der Waals surface area contributed by atoms with Crippen molar-refractivity contribution in [2.45, 2.75) is 31.1 Å². The van der Waals surface area contributed by atoms with E-state index in [0.29, 0.717) is 5.56 Å².